The van der Waals surface area contributed by atoms with Gasteiger partial charge in [0, 0.05) is 31.7 Å². The summed E-state index contributed by atoms with van der Waals surface area (Å²) in [5.74, 6) is 0. The molecule has 0 saturated carbocycles. The Morgan fingerprint density at radius 1 is 1.22 bits per heavy atom. The van der Waals surface area contributed by atoms with Crippen molar-refractivity contribution in [3.63, 3.8) is 0 Å². The molecule has 3 atom stereocenters. The fourth-order valence-corrected chi connectivity index (χ4v) is 3.74. The van der Waals surface area contributed by atoms with E-state index in [1.165, 1.54) is 38.9 Å². The zero-order valence-corrected chi connectivity index (χ0v) is 11.6. The van der Waals surface area contributed by atoms with Crippen LogP contribution in [0.15, 0.2) is 0 Å². The van der Waals surface area contributed by atoms with Crippen molar-refractivity contribution in [2.75, 3.05) is 45.9 Å². The molecule has 18 heavy (non-hydrogen) atoms. The summed E-state index contributed by atoms with van der Waals surface area (Å²) in [4.78, 5) is 5.22. The first kappa shape index (κ1) is 12.9. The number of morpholine rings is 1. The van der Waals surface area contributed by atoms with Gasteiger partial charge in [-0.2, -0.15) is 0 Å². The van der Waals surface area contributed by atoms with Crippen molar-refractivity contribution in [2.45, 2.75) is 44.4 Å². The molecule has 0 radical (unpaired) electrons. The van der Waals surface area contributed by atoms with Gasteiger partial charge in [-0.3, -0.25) is 9.80 Å². The van der Waals surface area contributed by atoms with Crippen molar-refractivity contribution in [3.8, 4) is 0 Å². The molecule has 0 bridgehead atoms. The van der Waals surface area contributed by atoms with Crippen molar-refractivity contribution in [1.29, 1.82) is 0 Å². The molecule has 104 valence electrons. The molecule has 0 aliphatic carbocycles. The molecule has 0 spiro atoms. The fourth-order valence-electron chi connectivity index (χ4n) is 3.74. The van der Waals surface area contributed by atoms with Gasteiger partial charge in [0.2, 0.25) is 0 Å². The Bertz CT molecular complexity index is 274. The summed E-state index contributed by atoms with van der Waals surface area (Å²) in [7, 11) is 0. The molecule has 3 rings (SSSR count). The van der Waals surface area contributed by atoms with E-state index in [1.54, 1.807) is 0 Å². The predicted octanol–water partition coefficient (Wildman–Crippen LogP) is 0.533. The van der Waals surface area contributed by atoms with E-state index in [-0.39, 0.29) is 0 Å². The number of nitrogens with zero attached hydrogens (tertiary/aromatic N) is 2. The van der Waals surface area contributed by atoms with Crippen molar-refractivity contribution in [2.24, 2.45) is 0 Å². The summed E-state index contributed by atoms with van der Waals surface area (Å²) >= 11 is 0. The first-order valence-electron chi connectivity index (χ1n) is 7.66. The van der Waals surface area contributed by atoms with Gasteiger partial charge >= 0.3 is 0 Å². The second-order valence-electron chi connectivity index (χ2n) is 6.05. The minimum Gasteiger partial charge on any atom is -0.374 e. The Kier molecular flexibility index (Phi) is 4.19. The Morgan fingerprint density at radius 3 is 3.06 bits per heavy atom. The molecule has 4 nitrogen and oxygen atoms in total. The third-order valence-electron chi connectivity index (χ3n) is 4.69. The summed E-state index contributed by atoms with van der Waals surface area (Å²) in [5, 5.41) is 3.56. The smallest absolute Gasteiger partial charge is 0.0829 e. The molecule has 3 aliphatic rings. The van der Waals surface area contributed by atoms with Gasteiger partial charge in [0.05, 0.1) is 12.7 Å². The molecule has 3 fully saturated rings. The lowest BCUT2D eigenvalue weighted by atomic mass is 10.2. The fraction of sp³-hybridized carbons (Fsp3) is 1.00. The zero-order chi connectivity index (χ0) is 12.4. The number of hydrogen-bond donors (Lipinski definition) is 1. The lowest BCUT2D eigenvalue weighted by Crippen LogP contribution is -2.50. The molecule has 0 aromatic carbocycles. The molecule has 3 saturated heterocycles. The van der Waals surface area contributed by atoms with Crippen LogP contribution in [0.5, 0.6) is 0 Å². The molecule has 3 heterocycles. The molecular weight excluding hydrogens is 226 g/mol. The van der Waals surface area contributed by atoms with Crippen LogP contribution in [-0.2, 0) is 4.74 Å². The molecule has 0 aromatic rings. The highest BCUT2D eigenvalue weighted by molar-refractivity contribution is 4.88. The van der Waals surface area contributed by atoms with Gasteiger partial charge in [-0.05, 0) is 38.9 Å². The van der Waals surface area contributed by atoms with Crippen LogP contribution in [0.25, 0.3) is 0 Å². The van der Waals surface area contributed by atoms with E-state index in [1.807, 2.05) is 0 Å². The van der Waals surface area contributed by atoms with E-state index in [2.05, 4.69) is 22.0 Å². The van der Waals surface area contributed by atoms with Crippen LogP contribution >= 0.6 is 0 Å². The maximum absolute atomic E-state index is 6.05. The Hall–Kier alpha value is -0.160. The zero-order valence-electron chi connectivity index (χ0n) is 11.6. The van der Waals surface area contributed by atoms with Gasteiger partial charge in [-0.1, -0.05) is 6.92 Å². The average molecular weight is 253 g/mol. The quantitative estimate of drug-likeness (QED) is 0.791. The van der Waals surface area contributed by atoms with Gasteiger partial charge < -0.3 is 10.1 Å². The molecule has 3 unspecified atom stereocenters. The van der Waals surface area contributed by atoms with Crippen molar-refractivity contribution in [3.05, 3.63) is 0 Å². The Balaban J connectivity index is 1.43. The largest absolute Gasteiger partial charge is 0.374 e. The van der Waals surface area contributed by atoms with E-state index in [0.717, 1.165) is 32.3 Å². The highest BCUT2D eigenvalue weighted by Crippen LogP contribution is 2.23. The van der Waals surface area contributed by atoms with Gasteiger partial charge in [0.1, 0.15) is 0 Å². The summed E-state index contributed by atoms with van der Waals surface area (Å²) < 4.78 is 6.05. The number of hydrogen-bond acceptors (Lipinski definition) is 4. The number of fused-ring (bicyclic) bond motifs is 1. The van der Waals surface area contributed by atoms with Crippen LogP contribution in [0, 0.1) is 0 Å². The maximum atomic E-state index is 6.05. The van der Waals surface area contributed by atoms with Crippen LogP contribution in [0.3, 0.4) is 0 Å². The molecule has 0 amide bonds. The number of likely N-dealkylation sites (N-methyl/N-ethyl adjacent to an activating group) is 1. The Morgan fingerprint density at radius 2 is 2.17 bits per heavy atom. The van der Waals surface area contributed by atoms with E-state index < -0.39 is 0 Å². The van der Waals surface area contributed by atoms with Crippen LogP contribution in [0.1, 0.15) is 26.2 Å². The van der Waals surface area contributed by atoms with Gasteiger partial charge in [-0.15, -0.1) is 0 Å². The van der Waals surface area contributed by atoms with E-state index in [0.29, 0.717) is 12.1 Å². The van der Waals surface area contributed by atoms with Crippen molar-refractivity contribution >= 4 is 0 Å². The standard InChI is InChI=1S/C14H27N3O/c1-2-15-12-5-7-16(8-12)9-14-10-17-6-3-4-13(17)11-18-14/h12-15H,2-11H2,1H3. The van der Waals surface area contributed by atoms with Gasteiger partial charge in [0.25, 0.3) is 0 Å². The third kappa shape index (κ3) is 2.87. The first-order valence-corrected chi connectivity index (χ1v) is 7.66. The average Bonchev–Trinajstić information content (AvgIpc) is 2.98. The summed E-state index contributed by atoms with van der Waals surface area (Å²) in [6.45, 7) is 10.3. The number of rotatable bonds is 4. The number of nitrogens with one attached hydrogen (secondary N) is 1. The maximum Gasteiger partial charge on any atom is 0.0829 e. The minimum atomic E-state index is 0.444. The van der Waals surface area contributed by atoms with E-state index in [9.17, 15) is 0 Å². The number of ether oxygens (including phenoxy) is 1. The molecular formula is C14H27N3O. The summed E-state index contributed by atoms with van der Waals surface area (Å²) in [6, 6.07) is 1.44. The van der Waals surface area contributed by atoms with E-state index >= 15 is 0 Å². The second-order valence-corrected chi connectivity index (χ2v) is 6.05. The first-order chi connectivity index (χ1) is 8.85. The molecule has 4 heteroatoms. The minimum absolute atomic E-state index is 0.444. The lowest BCUT2D eigenvalue weighted by molar-refractivity contribution is -0.0591. The summed E-state index contributed by atoms with van der Waals surface area (Å²) in [5.41, 5.74) is 0. The second kappa shape index (κ2) is 5.87. The molecule has 1 N–H and O–H groups in total. The van der Waals surface area contributed by atoms with Crippen molar-refractivity contribution in [1.82, 2.24) is 15.1 Å². The molecule has 0 aromatic heterocycles. The monoisotopic (exact) mass is 253 g/mol. The van der Waals surface area contributed by atoms with Crippen LogP contribution < -0.4 is 5.32 Å². The van der Waals surface area contributed by atoms with Crippen LogP contribution in [0.4, 0.5) is 0 Å². The van der Waals surface area contributed by atoms with Crippen molar-refractivity contribution < 1.29 is 4.74 Å². The SMILES string of the molecule is CCNC1CCN(CC2CN3CCCC3CO2)C1. The predicted molar refractivity (Wildman–Crippen MR) is 72.9 cm³/mol. The number of likely N-dealkylation sites (tertiary alicyclic amines) is 1. The third-order valence-corrected chi connectivity index (χ3v) is 4.69. The van der Waals surface area contributed by atoms with Crippen LogP contribution in [0.2, 0.25) is 0 Å². The lowest BCUT2D eigenvalue weighted by Gasteiger charge is -2.36. The normalized spacial score (nSPS) is 38.2. The van der Waals surface area contributed by atoms with E-state index in [4.69, 9.17) is 4.74 Å². The topological polar surface area (TPSA) is 27.7 Å². The highest BCUT2D eigenvalue weighted by Gasteiger charge is 2.33. The van der Waals surface area contributed by atoms with Crippen LogP contribution in [-0.4, -0.2) is 73.9 Å². The van der Waals surface area contributed by atoms with Gasteiger partial charge in [0.15, 0.2) is 0 Å². The Labute approximate surface area is 111 Å². The van der Waals surface area contributed by atoms with Gasteiger partial charge in [-0.25, -0.2) is 0 Å². The summed E-state index contributed by atoms with van der Waals surface area (Å²) in [6.07, 6.45) is 4.46. The molecule has 3 aliphatic heterocycles. The highest BCUT2D eigenvalue weighted by atomic mass is 16.5.